The molecule has 1 aromatic carbocycles. The summed E-state index contributed by atoms with van der Waals surface area (Å²) in [5.41, 5.74) is 7.13. The number of nitrogens with one attached hydrogen (secondary N) is 2. The van der Waals surface area contributed by atoms with Gasteiger partial charge in [0.25, 0.3) is 0 Å². The number of unbranched alkanes of at least 4 members (excludes halogenated alkanes) is 1. The smallest absolute Gasteiger partial charge is 0.319 e. The molecule has 1 fully saturated rings. The zero-order valence-electron chi connectivity index (χ0n) is 15.5. The van der Waals surface area contributed by atoms with Crippen LogP contribution in [0.3, 0.4) is 0 Å². The van der Waals surface area contributed by atoms with E-state index in [4.69, 9.17) is 10.5 Å². The standard InChI is InChI=1S/C19H30N4O3/c1-26-14-15-5-4-6-17(13-15)22-19(25)21-9-2-3-10-23-11-7-16(8-12-23)18(20)24/h4-6,13,16H,2-3,7-12,14H2,1H3,(H2,20,24)(H2,21,22,25). The maximum Gasteiger partial charge on any atom is 0.319 e. The summed E-state index contributed by atoms with van der Waals surface area (Å²) in [4.78, 5) is 25.5. The first-order valence-corrected chi connectivity index (χ1v) is 9.23. The second-order valence-corrected chi connectivity index (χ2v) is 6.74. The second-order valence-electron chi connectivity index (χ2n) is 6.74. The highest BCUT2D eigenvalue weighted by molar-refractivity contribution is 5.89. The molecule has 3 amide bonds. The number of ether oxygens (including phenoxy) is 1. The molecule has 1 heterocycles. The Kier molecular flexibility index (Phi) is 8.37. The molecular formula is C19H30N4O3. The predicted octanol–water partition coefficient (Wildman–Crippen LogP) is 1.93. The number of hydrogen-bond donors (Lipinski definition) is 3. The van der Waals surface area contributed by atoms with Gasteiger partial charge in [-0.05, 0) is 63.0 Å². The number of benzene rings is 1. The van der Waals surface area contributed by atoms with E-state index >= 15 is 0 Å². The second kappa shape index (κ2) is 10.8. The molecule has 0 aliphatic carbocycles. The summed E-state index contributed by atoms with van der Waals surface area (Å²) >= 11 is 0. The van der Waals surface area contributed by atoms with E-state index in [0.29, 0.717) is 13.2 Å². The maximum atomic E-state index is 11.9. The van der Waals surface area contributed by atoms with Crippen molar-refractivity contribution >= 4 is 17.6 Å². The number of urea groups is 1. The molecule has 0 unspecified atom stereocenters. The third-order valence-electron chi connectivity index (χ3n) is 4.67. The topological polar surface area (TPSA) is 96.7 Å². The molecule has 4 N–H and O–H groups in total. The van der Waals surface area contributed by atoms with E-state index in [0.717, 1.165) is 56.6 Å². The van der Waals surface area contributed by atoms with Crippen molar-refractivity contribution in [3.63, 3.8) is 0 Å². The van der Waals surface area contributed by atoms with Crippen molar-refractivity contribution in [2.24, 2.45) is 11.7 Å². The van der Waals surface area contributed by atoms with Gasteiger partial charge in [-0.2, -0.15) is 0 Å². The first-order chi connectivity index (χ1) is 12.6. The van der Waals surface area contributed by atoms with Gasteiger partial charge in [-0.15, -0.1) is 0 Å². The minimum Gasteiger partial charge on any atom is -0.380 e. The van der Waals surface area contributed by atoms with Crippen LogP contribution in [0.1, 0.15) is 31.2 Å². The fourth-order valence-corrected chi connectivity index (χ4v) is 3.18. The van der Waals surface area contributed by atoms with Crippen molar-refractivity contribution < 1.29 is 14.3 Å². The van der Waals surface area contributed by atoms with Crippen molar-refractivity contribution in [3.05, 3.63) is 29.8 Å². The lowest BCUT2D eigenvalue weighted by Crippen LogP contribution is -2.39. The summed E-state index contributed by atoms with van der Waals surface area (Å²) in [6.45, 7) is 4.02. The van der Waals surface area contributed by atoms with Crippen LogP contribution in [-0.4, -0.2) is 50.1 Å². The van der Waals surface area contributed by atoms with Gasteiger partial charge < -0.3 is 26.0 Å². The molecule has 0 saturated carbocycles. The summed E-state index contributed by atoms with van der Waals surface area (Å²) in [6.07, 6.45) is 3.66. The van der Waals surface area contributed by atoms with Crippen LogP contribution in [0.25, 0.3) is 0 Å². The summed E-state index contributed by atoms with van der Waals surface area (Å²) < 4.78 is 5.09. The minimum atomic E-state index is -0.193. The van der Waals surface area contributed by atoms with Gasteiger partial charge in [0.15, 0.2) is 0 Å². The van der Waals surface area contributed by atoms with Crippen LogP contribution in [0.2, 0.25) is 0 Å². The predicted molar refractivity (Wildman–Crippen MR) is 102 cm³/mol. The Labute approximate surface area is 155 Å². The van der Waals surface area contributed by atoms with Gasteiger partial charge in [-0.1, -0.05) is 12.1 Å². The van der Waals surface area contributed by atoms with Gasteiger partial charge in [-0.3, -0.25) is 4.79 Å². The zero-order valence-corrected chi connectivity index (χ0v) is 15.5. The molecule has 1 aliphatic rings. The van der Waals surface area contributed by atoms with Gasteiger partial charge in [0.1, 0.15) is 0 Å². The Hall–Kier alpha value is -2.12. The molecule has 0 radical (unpaired) electrons. The van der Waals surface area contributed by atoms with E-state index in [2.05, 4.69) is 15.5 Å². The van der Waals surface area contributed by atoms with Crippen LogP contribution < -0.4 is 16.4 Å². The lowest BCUT2D eigenvalue weighted by molar-refractivity contribution is -0.123. The normalized spacial score (nSPS) is 15.6. The fraction of sp³-hybridized carbons (Fsp3) is 0.579. The number of carbonyl (C=O) groups excluding carboxylic acids is 2. The van der Waals surface area contributed by atoms with Gasteiger partial charge >= 0.3 is 6.03 Å². The third-order valence-corrected chi connectivity index (χ3v) is 4.67. The quantitative estimate of drug-likeness (QED) is 0.585. The molecule has 1 saturated heterocycles. The lowest BCUT2D eigenvalue weighted by Gasteiger charge is -2.30. The Bertz CT molecular complexity index is 586. The number of hydrogen-bond acceptors (Lipinski definition) is 4. The Balaban J connectivity index is 1.56. The van der Waals surface area contributed by atoms with Gasteiger partial charge in [0, 0.05) is 25.3 Å². The molecule has 7 nitrogen and oxygen atoms in total. The Morgan fingerprint density at radius 2 is 2.04 bits per heavy atom. The number of piperidine rings is 1. The largest absolute Gasteiger partial charge is 0.380 e. The van der Waals surface area contributed by atoms with E-state index in [1.54, 1.807) is 7.11 Å². The molecule has 0 atom stereocenters. The van der Waals surface area contributed by atoms with E-state index < -0.39 is 0 Å². The number of anilines is 1. The summed E-state index contributed by atoms with van der Waals surface area (Å²) in [5.74, 6) is -0.133. The summed E-state index contributed by atoms with van der Waals surface area (Å²) in [6, 6.07) is 7.42. The molecule has 2 rings (SSSR count). The monoisotopic (exact) mass is 362 g/mol. The van der Waals surface area contributed by atoms with Crippen LogP contribution in [-0.2, 0) is 16.1 Å². The third kappa shape index (κ3) is 7.01. The number of nitrogens with zero attached hydrogens (tertiary/aromatic N) is 1. The molecule has 0 bridgehead atoms. The number of rotatable bonds is 9. The maximum absolute atomic E-state index is 11.9. The molecular weight excluding hydrogens is 332 g/mol. The highest BCUT2D eigenvalue weighted by Crippen LogP contribution is 2.16. The van der Waals surface area contributed by atoms with E-state index in [9.17, 15) is 9.59 Å². The van der Waals surface area contributed by atoms with E-state index in [1.165, 1.54) is 0 Å². The van der Waals surface area contributed by atoms with Crippen LogP contribution >= 0.6 is 0 Å². The van der Waals surface area contributed by atoms with Crippen molar-refractivity contribution in [3.8, 4) is 0 Å². The average molecular weight is 362 g/mol. The molecule has 144 valence electrons. The molecule has 7 heteroatoms. The van der Waals surface area contributed by atoms with E-state index in [-0.39, 0.29) is 17.9 Å². The van der Waals surface area contributed by atoms with Crippen molar-refractivity contribution in [1.82, 2.24) is 10.2 Å². The number of primary amides is 1. The lowest BCUT2D eigenvalue weighted by atomic mass is 9.96. The number of likely N-dealkylation sites (tertiary alicyclic amines) is 1. The SMILES string of the molecule is COCc1cccc(NC(=O)NCCCCN2CCC(C(N)=O)CC2)c1. The fourth-order valence-electron chi connectivity index (χ4n) is 3.18. The molecule has 1 aliphatic heterocycles. The van der Waals surface area contributed by atoms with Crippen LogP contribution in [0.15, 0.2) is 24.3 Å². The van der Waals surface area contributed by atoms with Crippen LogP contribution in [0.5, 0.6) is 0 Å². The number of nitrogens with two attached hydrogens (primary N) is 1. The van der Waals surface area contributed by atoms with Crippen molar-refractivity contribution in [1.29, 1.82) is 0 Å². The van der Waals surface area contributed by atoms with Crippen molar-refractivity contribution in [2.75, 3.05) is 38.6 Å². The first kappa shape index (κ1) is 20.2. The van der Waals surface area contributed by atoms with Crippen molar-refractivity contribution in [2.45, 2.75) is 32.3 Å². The highest BCUT2D eigenvalue weighted by atomic mass is 16.5. The first-order valence-electron chi connectivity index (χ1n) is 9.23. The van der Waals surface area contributed by atoms with E-state index in [1.807, 2.05) is 24.3 Å². The number of carbonyl (C=O) groups is 2. The minimum absolute atomic E-state index is 0.0407. The summed E-state index contributed by atoms with van der Waals surface area (Å²) in [5, 5.41) is 5.72. The Morgan fingerprint density at radius 3 is 2.73 bits per heavy atom. The zero-order chi connectivity index (χ0) is 18.8. The Morgan fingerprint density at radius 1 is 1.27 bits per heavy atom. The highest BCUT2D eigenvalue weighted by Gasteiger charge is 2.22. The molecule has 1 aromatic rings. The number of methoxy groups -OCH3 is 1. The van der Waals surface area contributed by atoms with Crippen LogP contribution in [0, 0.1) is 5.92 Å². The van der Waals surface area contributed by atoms with Gasteiger partial charge in [-0.25, -0.2) is 4.79 Å². The summed E-state index contributed by atoms with van der Waals surface area (Å²) in [7, 11) is 1.65. The van der Waals surface area contributed by atoms with Gasteiger partial charge in [0.2, 0.25) is 5.91 Å². The number of amides is 3. The van der Waals surface area contributed by atoms with Gasteiger partial charge in [0.05, 0.1) is 6.61 Å². The molecule has 26 heavy (non-hydrogen) atoms. The molecule has 0 spiro atoms. The van der Waals surface area contributed by atoms with Crippen LogP contribution in [0.4, 0.5) is 10.5 Å². The average Bonchev–Trinajstić information content (AvgIpc) is 2.62. The molecule has 0 aromatic heterocycles.